The maximum atomic E-state index is 13.5. The fraction of sp³-hybridized carbons (Fsp3) is 0.111. The van der Waals surface area contributed by atoms with Crippen LogP contribution in [0.1, 0.15) is 21.5 Å². The normalized spacial score (nSPS) is 10.5. The van der Waals surface area contributed by atoms with Crippen LogP contribution >= 0.6 is 0 Å². The van der Waals surface area contributed by atoms with Gasteiger partial charge in [0, 0.05) is 18.3 Å². The third-order valence-electron chi connectivity index (χ3n) is 3.49. The van der Waals surface area contributed by atoms with Crippen LogP contribution in [0.2, 0.25) is 0 Å². The van der Waals surface area contributed by atoms with E-state index in [2.05, 4.69) is 10.3 Å². The number of furan rings is 1. The van der Waals surface area contributed by atoms with E-state index in [-0.39, 0.29) is 11.7 Å². The van der Waals surface area contributed by atoms with Crippen molar-refractivity contribution in [3.05, 3.63) is 77.4 Å². The molecule has 3 rings (SSSR count). The van der Waals surface area contributed by atoms with E-state index in [0.717, 1.165) is 5.56 Å². The lowest BCUT2D eigenvalue weighted by molar-refractivity contribution is 0.0950. The monoisotopic (exact) mass is 310 g/mol. The largest absolute Gasteiger partial charge is 0.463 e. The van der Waals surface area contributed by atoms with Gasteiger partial charge in [-0.05, 0) is 54.4 Å². The molecule has 1 amide bonds. The molecule has 1 aromatic carbocycles. The molecule has 0 radical (unpaired) electrons. The van der Waals surface area contributed by atoms with Crippen LogP contribution in [-0.4, -0.2) is 10.9 Å². The standard InChI is InChI=1S/C18H15FN2O2/c1-12-4-5-14(10-15(12)19)18(22)21-11-13-6-7-20-16(9-13)17-3-2-8-23-17/h2-10H,11H2,1H3,(H,21,22). The fourth-order valence-electron chi connectivity index (χ4n) is 2.16. The number of pyridine rings is 1. The van der Waals surface area contributed by atoms with E-state index in [9.17, 15) is 9.18 Å². The van der Waals surface area contributed by atoms with Crippen LogP contribution in [0.15, 0.2) is 59.3 Å². The lowest BCUT2D eigenvalue weighted by Crippen LogP contribution is -2.23. The lowest BCUT2D eigenvalue weighted by Gasteiger charge is -2.07. The summed E-state index contributed by atoms with van der Waals surface area (Å²) in [7, 11) is 0. The van der Waals surface area contributed by atoms with Gasteiger partial charge in [-0.1, -0.05) is 6.07 Å². The molecule has 0 aliphatic heterocycles. The highest BCUT2D eigenvalue weighted by molar-refractivity contribution is 5.94. The molecule has 0 aliphatic rings. The van der Waals surface area contributed by atoms with Crippen molar-refractivity contribution in [2.75, 3.05) is 0 Å². The third-order valence-corrected chi connectivity index (χ3v) is 3.49. The van der Waals surface area contributed by atoms with Gasteiger partial charge in [-0.15, -0.1) is 0 Å². The minimum Gasteiger partial charge on any atom is -0.463 e. The van der Waals surface area contributed by atoms with E-state index >= 15 is 0 Å². The van der Waals surface area contributed by atoms with Gasteiger partial charge in [0.05, 0.1) is 6.26 Å². The van der Waals surface area contributed by atoms with Crippen molar-refractivity contribution in [1.29, 1.82) is 0 Å². The topological polar surface area (TPSA) is 55.1 Å². The van der Waals surface area contributed by atoms with Crippen molar-refractivity contribution in [2.24, 2.45) is 0 Å². The first kappa shape index (κ1) is 15.0. The van der Waals surface area contributed by atoms with Crippen LogP contribution in [0.4, 0.5) is 4.39 Å². The van der Waals surface area contributed by atoms with Gasteiger partial charge in [0.2, 0.25) is 0 Å². The highest BCUT2D eigenvalue weighted by Crippen LogP contribution is 2.18. The van der Waals surface area contributed by atoms with Crippen LogP contribution in [-0.2, 0) is 6.54 Å². The second-order valence-electron chi connectivity index (χ2n) is 5.17. The maximum absolute atomic E-state index is 13.5. The Balaban J connectivity index is 1.69. The van der Waals surface area contributed by atoms with E-state index in [1.807, 2.05) is 18.2 Å². The molecule has 1 N–H and O–H groups in total. The molecule has 0 fully saturated rings. The molecular formula is C18H15FN2O2. The summed E-state index contributed by atoms with van der Waals surface area (Å²) in [6.45, 7) is 1.98. The Hall–Kier alpha value is -2.95. The number of carbonyl (C=O) groups excluding carboxylic acids is 1. The molecule has 23 heavy (non-hydrogen) atoms. The number of carbonyl (C=O) groups is 1. The predicted octanol–water partition coefficient (Wildman–Crippen LogP) is 3.72. The van der Waals surface area contributed by atoms with Gasteiger partial charge >= 0.3 is 0 Å². The average molecular weight is 310 g/mol. The van der Waals surface area contributed by atoms with Crippen LogP contribution in [0.5, 0.6) is 0 Å². The van der Waals surface area contributed by atoms with Crippen molar-refractivity contribution in [1.82, 2.24) is 10.3 Å². The zero-order valence-corrected chi connectivity index (χ0v) is 12.5. The van der Waals surface area contributed by atoms with Crippen molar-refractivity contribution in [2.45, 2.75) is 13.5 Å². The summed E-state index contributed by atoms with van der Waals surface area (Å²) in [5.74, 6) is -0.0410. The number of aromatic nitrogens is 1. The Bertz CT molecular complexity index is 829. The average Bonchev–Trinajstić information content (AvgIpc) is 3.10. The molecule has 5 heteroatoms. The Labute approximate surface area is 133 Å². The van der Waals surface area contributed by atoms with Crippen LogP contribution in [0.3, 0.4) is 0 Å². The minimum atomic E-state index is -0.387. The summed E-state index contributed by atoms with van der Waals surface area (Å²) in [5.41, 5.74) is 2.39. The molecule has 0 saturated heterocycles. The highest BCUT2D eigenvalue weighted by atomic mass is 19.1. The summed E-state index contributed by atoms with van der Waals surface area (Å²) in [5, 5.41) is 2.77. The SMILES string of the molecule is Cc1ccc(C(=O)NCc2ccnc(-c3ccco3)c2)cc1F. The number of nitrogens with zero attached hydrogens (tertiary/aromatic N) is 1. The number of hydrogen-bond donors (Lipinski definition) is 1. The molecule has 0 bridgehead atoms. The molecule has 4 nitrogen and oxygen atoms in total. The van der Waals surface area contributed by atoms with Crippen molar-refractivity contribution < 1.29 is 13.6 Å². The lowest BCUT2D eigenvalue weighted by atomic mass is 10.1. The Kier molecular flexibility index (Phi) is 4.19. The molecule has 0 unspecified atom stereocenters. The first-order valence-electron chi connectivity index (χ1n) is 7.16. The fourth-order valence-corrected chi connectivity index (χ4v) is 2.16. The van der Waals surface area contributed by atoms with Gasteiger partial charge in [-0.25, -0.2) is 4.39 Å². The Morgan fingerprint density at radius 2 is 2.13 bits per heavy atom. The van der Waals surface area contributed by atoms with Crippen molar-refractivity contribution in [3.63, 3.8) is 0 Å². The molecule has 0 atom stereocenters. The first-order valence-corrected chi connectivity index (χ1v) is 7.16. The number of rotatable bonds is 4. The molecule has 116 valence electrons. The molecule has 0 aliphatic carbocycles. The van der Waals surface area contributed by atoms with Crippen LogP contribution < -0.4 is 5.32 Å². The van der Waals surface area contributed by atoms with E-state index in [1.165, 1.54) is 6.07 Å². The third kappa shape index (κ3) is 3.45. The molecule has 0 spiro atoms. The zero-order valence-electron chi connectivity index (χ0n) is 12.5. The van der Waals surface area contributed by atoms with Crippen LogP contribution in [0.25, 0.3) is 11.5 Å². The molecule has 0 saturated carbocycles. The minimum absolute atomic E-state index is 0.299. The maximum Gasteiger partial charge on any atom is 0.251 e. The quantitative estimate of drug-likeness (QED) is 0.799. The summed E-state index contributed by atoms with van der Waals surface area (Å²) < 4.78 is 18.8. The van der Waals surface area contributed by atoms with Gasteiger partial charge in [-0.3, -0.25) is 9.78 Å². The number of hydrogen-bond acceptors (Lipinski definition) is 3. The van der Waals surface area contributed by atoms with Crippen molar-refractivity contribution >= 4 is 5.91 Å². The highest BCUT2D eigenvalue weighted by Gasteiger charge is 2.09. The van der Waals surface area contributed by atoms with Crippen LogP contribution in [0, 0.1) is 12.7 Å². The van der Waals surface area contributed by atoms with E-state index in [0.29, 0.717) is 29.1 Å². The summed E-state index contributed by atoms with van der Waals surface area (Å²) in [6.07, 6.45) is 3.24. The van der Waals surface area contributed by atoms with E-state index in [1.54, 1.807) is 37.6 Å². The number of amides is 1. The second kappa shape index (κ2) is 6.44. The Morgan fingerprint density at radius 3 is 2.87 bits per heavy atom. The van der Waals surface area contributed by atoms with Crippen molar-refractivity contribution in [3.8, 4) is 11.5 Å². The van der Waals surface area contributed by atoms with Gasteiger partial charge in [0.1, 0.15) is 11.5 Å². The van der Waals surface area contributed by atoms with Gasteiger partial charge in [-0.2, -0.15) is 0 Å². The molecule has 3 aromatic rings. The molecular weight excluding hydrogens is 295 g/mol. The predicted molar refractivity (Wildman–Crippen MR) is 84.2 cm³/mol. The van der Waals surface area contributed by atoms with E-state index in [4.69, 9.17) is 4.42 Å². The van der Waals surface area contributed by atoms with E-state index < -0.39 is 0 Å². The molecule has 2 aromatic heterocycles. The number of benzene rings is 1. The summed E-state index contributed by atoms with van der Waals surface area (Å²) in [4.78, 5) is 16.3. The number of aryl methyl sites for hydroxylation is 1. The number of halogens is 1. The smallest absolute Gasteiger partial charge is 0.251 e. The summed E-state index contributed by atoms with van der Waals surface area (Å²) >= 11 is 0. The number of nitrogens with one attached hydrogen (secondary N) is 1. The zero-order chi connectivity index (χ0) is 16.2. The van der Waals surface area contributed by atoms with Gasteiger partial charge in [0.25, 0.3) is 5.91 Å². The first-order chi connectivity index (χ1) is 11.1. The Morgan fingerprint density at radius 1 is 1.26 bits per heavy atom. The summed E-state index contributed by atoms with van der Waals surface area (Å²) in [6, 6.07) is 11.7. The van der Waals surface area contributed by atoms with Gasteiger partial charge in [0.15, 0.2) is 5.76 Å². The molecule has 2 heterocycles. The second-order valence-corrected chi connectivity index (χ2v) is 5.17. The van der Waals surface area contributed by atoms with Gasteiger partial charge < -0.3 is 9.73 Å².